The molecule has 0 aromatic carbocycles. The maximum absolute atomic E-state index is 6.09. The zero-order valence-electron chi connectivity index (χ0n) is 11.4. The summed E-state index contributed by atoms with van der Waals surface area (Å²) in [6, 6.07) is 0. The first kappa shape index (κ1) is 10.8. The Morgan fingerprint density at radius 1 is 1.00 bits per heavy atom. The molecule has 3 atom stereocenters. The summed E-state index contributed by atoms with van der Waals surface area (Å²) in [4.78, 5) is 0. The number of hydrogen-bond acceptors (Lipinski definition) is 1. The third kappa shape index (κ3) is 1.30. The van der Waals surface area contributed by atoms with Crippen LogP contribution >= 0.6 is 0 Å². The van der Waals surface area contributed by atoms with Crippen LogP contribution in [0.2, 0.25) is 0 Å². The lowest BCUT2D eigenvalue weighted by atomic mass is 9.53. The van der Waals surface area contributed by atoms with Crippen molar-refractivity contribution in [1.82, 2.24) is 0 Å². The van der Waals surface area contributed by atoms with Gasteiger partial charge >= 0.3 is 0 Å². The van der Waals surface area contributed by atoms with E-state index in [9.17, 15) is 0 Å². The summed E-state index contributed by atoms with van der Waals surface area (Å²) in [5.74, 6) is 3.02. The lowest BCUT2D eigenvalue weighted by Crippen LogP contribution is -2.52. The summed E-state index contributed by atoms with van der Waals surface area (Å²) in [6.45, 7) is 6.23. The van der Waals surface area contributed by atoms with Crippen LogP contribution in [0.1, 0.15) is 58.8 Å². The molecule has 2 aliphatic heterocycles. The van der Waals surface area contributed by atoms with E-state index in [-0.39, 0.29) is 0 Å². The first-order valence-electron chi connectivity index (χ1n) is 7.73. The van der Waals surface area contributed by atoms with Gasteiger partial charge in [-0.1, -0.05) is 13.8 Å². The van der Waals surface area contributed by atoms with Crippen molar-refractivity contribution in [3.8, 4) is 0 Å². The summed E-state index contributed by atoms with van der Waals surface area (Å²) in [5.41, 5.74) is 1.18. The minimum absolute atomic E-state index is 0.581. The van der Waals surface area contributed by atoms with Crippen LogP contribution in [0, 0.1) is 28.6 Å². The quantitative estimate of drug-likeness (QED) is 0.666. The smallest absolute Gasteiger partial charge is 0.0575 e. The summed E-state index contributed by atoms with van der Waals surface area (Å²) in [7, 11) is 0. The normalized spacial score (nSPS) is 55.4. The van der Waals surface area contributed by atoms with Crippen LogP contribution in [0.3, 0.4) is 0 Å². The van der Waals surface area contributed by atoms with E-state index in [1.54, 1.807) is 0 Å². The molecule has 2 heterocycles. The molecular formula is C16H26O. The molecule has 96 valence electrons. The van der Waals surface area contributed by atoms with Gasteiger partial charge in [-0.15, -0.1) is 0 Å². The van der Waals surface area contributed by atoms with Crippen LogP contribution in [0.25, 0.3) is 0 Å². The van der Waals surface area contributed by atoms with Gasteiger partial charge in [0.25, 0.3) is 0 Å². The molecule has 0 amide bonds. The summed E-state index contributed by atoms with van der Waals surface area (Å²) < 4.78 is 6.09. The molecule has 4 bridgehead atoms. The van der Waals surface area contributed by atoms with Crippen LogP contribution in [-0.4, -0.2) is 12.7 Å². The molecule has 5 fully saturated rings. The standard InChI is InChI=1S/C16H26O/c1-15(2)12-4-3-11(9-12)14(15)16-7-5-13(6-8-16)17-10-16/h11-14H,3-10H2,1-2H3. The molecular weight excluding hydrogens is 208 g/mol. The topological polar surface area (TPSA) is 9.23 Å². The Hall–Kier alpha value is -0.0400. The Balaban J connectivity index is 1.69. The van der Waals surface area contributed by atoms with Crippen molar-refractivity contribution in [2.45, 2.75) is 64.9 Å². The van der Waals surface area contributed by atoms with Gasteiger partial charge in [-0.2, -0.15) is 0 Å². The van der Waals surface area contributed by atoms with Crippen molar-refractivity contribution in [2.24, 2.45) is 28.6 Å². The Bertz CT molecular complexity index is 311. The molecule has 5 aliphatic rings. The number of rotatable bonds is 1. The maximum atomic E-state index is 6.09. The molecule has 3 unspecified atom stereocenters. The first-order chi connectivity index (χ1) is 8.12. The Labute approximate surface area is 105 Å². The molecule has 5 rings (SSSR count). The van der Waals surface area contributed by atoms with E-state index in [1.807, 2.05) is 0 Å². The SMILES string of the molecule is CC1(C)C2CCC(C2)C1C12CCC(CC1)OC2. The van der Waals surface area contributed by atoms with Crippen molar-refractivity contribution in [2.75, 3.05) is 6.61 Å². The lowest BCUT2D eigenvalue weighted by molar-refractivity contribution is -0.168. The van der Waals surface area contributed by atoms with E-state index in [0.717, 1.165) is 24.4 Å². The van der Waals surface area contributed by atoms with E-state index >= 15 is 0 Å². The van der Waals surface area contributed by atoms with E-state index in [0.29, 0.717) is 16.9 Å². The highest BCUT2D eigenvalue weighted by atomic mass is 16.5. The highest BCUT2D eigenvalue weighted by Gasteiger charge is 2.61. The Morgan fingerprint density at radius 3 is 2.29 bits per heavy atom. The van der Waals surface area contributed by atoms with Crippen molar-refractivity contribution in [3.05, 3.63) is 0 Å². The maximum Gasteiger partial charge on any atom is 0.0575 e. The molecule has 0 spiro atoms. The lowest BCUT2D eigenvalue weighted by Gasteiger charge is -2.56. The zero-order valence-corrected chi connectivity index (χ0v) is 11.4. The molecule has 0 N–H and O–H groups in total. The van der Waals surface area contributed by atoms with Gasteiger partial charge in [0.1, 0.15) is 0 Å². The van der Waals surface area contributed by atoms with Gasteiger partial charge in [0.2, 0.25) is 0 Å². The second-order valence-electron chi connectivity index (χ2n) is 7.94. The van der Waals surface area contributed by atoms with Gasteiger partial charge < -0.3 is 4.74 Å². The van der Waals surface area contributed by atoms with E-state index < -0.39 is 0 Å². The predicted octanol–water partition coefficient (Wildman–Crippen LogP) is 4.02. The fraction of sp³-hybridized carbons (Fsp3) is 1.00. The van der Waals surface area contributed by atoms with Crippen LogP contribution in [-0.2, 0) is 4.74 Å². The van der Waals surface area contributed by atoms with Gasteiger partial charge in [0.05, 0.1) is 12.7 Å². The molecule has 17 heavy (non-hydrogen) atoms. The monoisotopic (exact) mass is 234 g/mol. The minimum Gasteiger partial charge on any atom is -0.378 e. The summed E-state index contributed by atoms with van der Waals surface area (Å²) in [6.07, 6.45) is 10.8. The molecule has 0 aromatic rings. The van der Waals surface area contributed by atoms with Crippen molar-refractivity contribution >= 4 is 0 Å². The van der Waals surface area contributed by atoms with E-state index in [1.165, 1.54) is 44.9 Å². The average molecular weight is 234 g/mol. The first-order valence-corrected chi connectivity index (χ1v) is 7.73. The number of fused-ring (bicyclic) bond motifs is 5. The third-order valence-corrected chi connectivity index (χ3v) is 6.99. The number of hydrogen-bond donors (Lipinski definition) is 0. The molecule has 1 heteroatoms. The molecule has 1 nitrogen and oxygen atoms in total. The van der Waals surface area contributed by atoms with E-state index in [2.05, 4.69) is 13.8 Å². The van der Waals surface area contributed by atoms with Crippen LogP contribution < -0.4 is 0 Å². The molecule has 3 saturated carbocycles. The van der Waals surface area contributed by atoms with Crippen molar-refractivity contribution in [3.63, 3.8) is 0 Å². The highest BCUT2D eigenvalue weighted by molar-refractivity contribution is 5.10. The molecule has 0 aromatic heterocycles. The van der Waals surface area contributed by atoms with Gasteiger partial charge in [-0.05, 0) is 73.5 Å². The molecule has 0 radical (unpaired) electrons. The fourth-order valence-electron chi connectivity index (χ4n) is 6.31. The summed E-state index contributed by atoms with van der Waals surface area (Å²) >= 11 is 0. The second-order valence-corrected chi connectivity index (χ2v) is 7.94. The van der Waals surface area contributed by atoms with Gasteiger partial charge in [0, 0.05) is 0 Å². The minimum atomic E-state index is 0.581. The predicted molar refractivity (Wildman–Crippen MR) is 68.7 cm³/mol. The zero-order chi connectivity index (χ0) is 11.7. The largest absolute Gasteiger partial charge is 0.378 e. The van der Waals surface area contributed by atoms with Crippen molar-refractivity contribution < 1.29 is 4.74 Å². The van der Waals surface area contributed by atoms with E-state index in [4.69, 9.17) is 4.74 Å². The fourth-order valence-corrected chi connectivity index (χ4v) is 6.31. The van der Waals surface area contributed by atoms with Crippen LogP contribution in [0.15, 0.2) is 0 Å². The van der Waals surface area contributed by atoms with Crippen LogP contribution in [0.4, 0.5) is 0 Å². The summed E-state index contributed by atoms with van der Waals surface area (Å²) in [5, 5.41) is 0. The van der Waals surface area contributed by atoms with Crippen molar-refractivity contribution in [1.29, 1.82) is 0 Å². The van der Waals surface area contributed by atoms with Crippen LogP contribution in [0.5, 0.6) is 0 Å². The highest BCUT2D eigenvalue weighted by Crippen LogP contribution is 2.67. The number of ether oxygens (including phenoxy) is 1. The Kier molecular flexibility index (Phi) is 2.10. The Morgan fingerprint density at radius 2 is 1.76 bits per heavy atom. The van der Waals surface area contributed by atoms with Gasteiger partial charge in [0.15, 0.2) is 0 Å². The average Bonchev–Trinajstić information content (AvgIpc) is 2.89. The molecule has 2 saturated heterocycles. The molecule has 3 aliphatic carbocycles. The van der Waals surface area contributed by atoms with Gasteiger partial charge in [-0.25, -0.2) is 0 Å². The van der Waals surface area contributed by atoms with Gasteiger partial charge in [-0.3, -0.25) is 0 Å². The second kappa shape index (κ2) is 3.29. The third-order valence-electron chi connectivity index (χ3n) is 6.99.